The van der Waals surface area contributed by atoms with E-state index in [-0.39, 0.29) is 25.3 Å². The number of hydrogen-bond acceptors (Lipinski definition) is 7. The van der Waals surface area contributed by atoms with Gasteiger partial charge in [-0.25, -0.2) is 4.79 Å². The summed E-state index contributed by atoms with van der Waals surface area (Å²) >= 11 is 4.36. The molecular formula is C31H51N3O6S. The van der Waals surface area contributed by atoms with Crippen LogP contribution in [0.15, 0.2) is 18.2 Å². The molecule has 9 nitrogen and oxygen atoms in total. The van der Waals surface area contributed by atoms with Gasteiger partial charge in [0, 0.05) is 18.8 Å². The minimum atomic E-state index is -1.01. The SMILES string of the molecule is CCCCCCCCN(C(=O)C(CS)NC(=O)OC(C)(C)C)C(C(=O)NCCC(=O)OCC)c1cc(C)ccc1C. The van der Waals surface area contributed by atoms with Crippen molar-refractivity contribution >= 4 is 36.5 Å². The van der Waals surface area contributed by atoms with Crippen molar-refractivity contribution in [2.45, 2.75) is 111 Å². The number of unbranched alkanes of at least 4 members (excludes halogenated alkanes) is 5. The first-order valence-corrected chi connectivity index (χ1v) is 15.4. The second kappa shape index (κ2) is 18.6. The van der Waals surface area contributed by atoms with Gasteiger partial charge in [-0.3, -0.25) is 14.4 Å². The highest BCUT2D eigenvalue weighted by atomic mass is 32.1. The maximum atomic E-state index is 14.1. The number of esters is 1. The van der Waals surface area contributed by atoms with Gasteiger partial charge in [0.25, 0.3) is 0 Å². The fraction of sp³-hybridized carbons (Fsp3) is 0.677. The summed E-state index contributed by atoms with van der Waals surface area (Å²) in [5, 5.41) is 5.48. The Morgan fingerprint density at radius 2 is 1.66 bits per heavy atom. The molecule has 0 saturated carbocycles. The van der Waals surface area contributed by atoms with Crippen LogP contribution in [0.25, 0.3) is 0 Å². The van der Waals surface area contributed by atoms with Crippen LogP contribution in [0.2, 0.25) is 0 Å². The summed E-state index contributed by atoms with van der Waals surface area (Å²) < 4.78 is 10.4. The first-order chi connectivity index (χ1) is 19.3. The first kappa shape index (κ1) is 36.3. The van der Waals surface area contributed by atoms with E-state index in [2.05, 4.69) is 30.2 Å². The zero-order valence-corrected chi connectivity index (χ0v) is 26.9. The predicted octanol–water partition coefficient (Wildman–Crippen LogP) is 5.43. The summed E-state index contributed by atoms with van der Waals surface area (Å²) in [4.78, 5) is 53.9. The van der Waals surface area contributed by atoms with Crippen LogP contribution in [0.4, 0.5) is 4.79 Å². The van der Waals surface area contributed by atoms with E-state index in [9.17, 15) is 19.2 Å². The lowest BCUT2D eigenvalue weighted by Crippen LogP contribution is -2.54. The highest BCUT2D eigenvalue weighted by molar-refractivity contribution is 7.80. The van der Waals surface area contributed by atoms with Crippen molar-refractivity contribution in [1.29, 1.82) is 0 Å². The maximum absolute atomic E-state index is 14.1. The number of rotatable bonds is 17. The highest BCUT2D eigenvalue weighted by Crippen LogP contribution is 2.27. The molecule has 2 N–H and O–H groups in total. The summed E-state index contributed by atoms with van der Waals surface area (Å²) in [7, 11) is 0. The van der Waals surface area contributed by atoms with Gasteiger partial charge in [-0.05, 0) is 59.1 Å². The number of hydrogen-bond donors (Lipinski definition) is 3. The van der Waals surface area contributed by atoms with Crippen LogP contribution >= 0.6 is 12.6 Å². The number of alkyl carbamates (subject to hydrolysis) is 1. The number of thiol groups is 1. The van der Waals surface area contributed by atoms with E-state index in [4.69, 9.17) is 9.47 Å². The lowest BCUT2D eigenvalue weighted by atomic mass is 9.95. The number of amides is 3. The fourth-order valence-electron chi connectivity index (χ4n) is 4.39. The second-order valence-corrected chi connectivity index (χ2v) is 11.7. The number of ether oxygens (including phenoxy) is 2. The lowest BCUT2D eigenvalue weighted by Gasteiger charge is -2.35. The molecular weight excluding hydrogens is 542 g/mol. The standard InChI is InChI=1S/C31H51N3O6S/c1-8-10-11-12-13-14-19-34(29(37)25(21-41)33-30(38)40-31(5,6)7)27(24-20-22(3)15-16-23(24)4)28(36)32-18-17-26(35)39-9-2/h15-16,20,25,27,41H,8-14,17-19,21H2,1-7H3,(H,32,36)(H,33,38). The number of carbonyl (C=O) groups excluding carboxylic acids is 4. The van der Waals surface area contributed by atoms with Crippen LogP contribution in [-0.2, 0) is 23.9 Å². The molecule has 0 bridgehead atoms. The first-order valence-electron chi connectivity index (χ1n) is 14.8. The lowest BCUT2D eigenvalue weighted by molar-refractivity contribution is -0.144. The molecule has 0 aliphatic rings. The van der Waals surface area contributed by atoms with E-state index in [1.165, 1.54) is 0 Å². The van der Waals surface area contributed by atoms with Crippen LogP contribution in [0.5, 0.6) is 0 Å². The zero-order chi connectivity index (χ0) is 31.0. The van der Waals surface area contributed by atoms with Gasteiger partial charge in [0.2, 0.25) is 11.8 Å². The third kappa shape index (κ3) is 13.6. The molecule has 2 unspecified atom stereocenters. The van der Waals surface area contributed by atoms with E-state index >= 15 is 0 Å². The maximum Gasteiger partial charge on any atom is 0.408 e. The molecule has 0 spiro atoms. The Balaban J connectivity index is 3.39. The van der Waals surface area contributed by atoms with Gasteiger partial charge in [-0.15, -0.1) is 0 Å². The van der Waals surface area contributed by atoms with Crippen molar-refractivity contribution in [3.8, 4) is 0 Å². The summed E-state index contributed by atoms with van der Waals surface area (Å²) in [6, 6.07) is 3.81. The van der Waals surface area contributed by atoms with Crippen molar-refractivity contribution in [2.75, 3.05) is 25.4 Å². The minimum Gasteiger partial charge on any atom is -0.466 e. The van der Waals surface area contributed by atoms with Gasteiger partial charge in [0.15, 0.2) is 0 Å². The van der Waals surface area contributed by atoms with Gasteiger partial charge in [-0.1, -0.05) is 62.8 Å². The Labute approximate surface area is 251 Å². The average molecular weight is 594 g/mol. The number of nitrogens with zero attached hydrogens (tertiary/aromatic N) is 1. The van der Waals surface area contributed by atoms with Gasteiger partial charge < -0.3 is 25.0 Å². The summed E-state index contributed by atoms with van der Waals surface area (Å²) in [5.41, 5.74) is 1.74. The third-order valence-electron chi connectivity index (χ3n) is 6.43. The Morgan fingerprint density at radius 3 is 2.27 bits per heavy atom. The van der Waals surface area contributed by atoms with E-state index in [1.807, 2.05) is 32.0 Å². The molecule has 232 valence electrons. The minimum absolute atomic E-state index is 0.0178. The van der Waals surface area contributed by atoms with Crippen molar-refractivity contribution in [3.63, 3.8) is 0 Å². The molecule has 2 atom stereocenters. The zero-order valence-electron chi connectivity index (χ0n) is 26.0. The Kier molecular flexibility index (Phi) is 16.5. The second-order valence-electron chi connectivity index (χ2n) is 11.3. The topological polar surface area (TPSA) is 114 Å². The van der Waals surface area contributed by atoms with Crippen LogP contribution in [0.1, 0.15) is 102 Å². The normalized spacial score (nSPS) is 12.7. The molecule has 0 aliphatic heterocycles. The largest absolute Gasteiger partial charge is 0.466 e. The van der Waals surface area contributed by atoms with Crippen LogP contribution in [0.3, 0.4) is 0 Å². The molecule has 0 aromatic heterocycles. The average Bonchev–Trinajstić information content (AvgIpc) is 2.89. The number of aryl methyl sites for hydroxylation is 2. The molecule has 0 radical (unpaired) electrons. The molecule has 1 rings (SSSR count). The Bertz CT molecular complexity index is 995. The molecule has 41 heavy (non-hydrogen) atoms. The predicted molar refractivity (Wildman–Crippen MR) is 165 cm³/mol. The van der Waals surface area contributed by atoms with Crippen LogP contribution < -0.4 is 10.6 Å². The number of carbonyl (C=O) groups is 4. The van der Waals surface area contributed by atoms with Gasteiger partial charge in [0.1, 0.15) is 17.7 Å². The smallest absolute Gasteiger partial charge is 0.408 e. The van der Waals surface area contributed by atoms with E-state index in [1.54, 1.807) is 32.6 Å². The molecule has 1 aromatic carbocycles. The highest BCUT2D eigenvalue weighted by Gasteiger charge is 2.36. The van der Waals surface area contributed by atoms with Crippen LogP contribution in [0, 0.1) is 13.8 Å². The van der Waals surface area contributed by atoms with Gasteiger partial charge in [0.05, 0.1) is 13.0 Å². The summed E-state index contributed by atoms with van der Waals surface area (Å²) in [6.45, 7) is 13.6. The molecule has 0 saturated heterocycles. The van der Waals surface area contributed by atoms with E-state index in [0.717, 1.165) is 43.2 Å². The van der Waals surface area contributed by atoms with Gasteiger partial charge >= 0.3 is 12.1 Å². The quantitative estimate of drug-likeness (QED) is 0.126. The van der Waals surface area contributed by atoms with E-state index in [0.29, 0.717) is 18.5 Å². The molecule has 0 aliphatic carbocycles. The van der Waals surface area contributed by atoms with Gasteiger partial charge in [-0.2, -0.15) is 12.6 Å². The third-order valence-corrected chi connectivity index (χ3v) is 6.80. The molecule has 0 heterocycles. The molecule has 1 aromatic rings. The van der Waals surface area contributed by atoms with Crippen molar-refractivity contribution < 1.29 is 28.7 Å². The Hall–Kier alpha value is -2.75. The summed E-state index contributed by atoms with van der Waals surface area (Å²) in [6.07, 6.45) is 5.30. The Morgan fingerprint density at radius 1 is 1.00 bits per heavy atom. The van der Waals surface area contributed by atoms with Crippen molar-refractivity contribution in [3.05, 3.63) is 34.9 Å². The van der Waals surface area contributed by atoms with Crippen molar-refractivity contribution in [2.24, 2.45) is 0 Å². The van der Waals surface area contributed by atoms with Crippen LogP contribution in [-0.4, -0.2) is 65.9 Å². The number of nitrogens with one attached hydrogen (secondary N) is 2. The van der Waals surface area contributed by atoms with E-state index < -0.39 is 41.6 Å². The molecule has 10 heteroatoms. The molecule has 0 fully saturated rings. The summed E-state index contributed by atoms with van der Waals surface area (Å²) in [5.74, 6) is -1.22. The monoisotopic (exact) mass is 593 g/mol. The molecule has 3 amide bonds. The van der Waals surface area contributed by atoms with Crippen molar-refractivity contribution in [1.82, 2.24) is 15.5 Å². The number of benzene rings is 1. The fourth-order valence-corrected chi connectivity index (χ4v) is 4.63.